The number of nitrogens with one attached hydrogen (secondary N) is 2. The Hall–Kier alpha value is -1.36. The van der Waals surface area contributed by atoms with Crippen LogP contribution in [0.5, 0.6) is 0 Å². The van der Waals surface area contributed by atoms with Crippen LogP contribution in [0.3, 0.4) is 0 Å². The zero-order valence-electron chi connectivity index (χ0n) is 12.4. The maximum absolute atomic E-state index is 12.3. The average Bonchev–Trinajstić information content (AvgIpc) is 2.49. The lowest BCUT2D eigenvalue weighted by atomic mass is 9.99. The van der Waals surface area contributed by atoms with Gasteiger partial charge in [0.1, 0.15) is 0 Å². The van der Waals surface area contributed by atoms with Crippen molar-refractivity contribution in [1.82, 2.24) is 15.6 Å². The van der Waals surface area contributed by atoms with Gasteiger partial charge in [-0.15, -0.1) is 24.8 Å². The van der Waals surface area contributed by atoms with Gasteiger partial charge >= 0.3 is 0 Å². The standard InChI is InChI=1S/C16H19N3O.2ClH/c1-11-14(5-3-8-17-11)19-16(20)13-6-7-15-12(10-13)4-2-9-18-15;;/h2,4,6-7,9-11,14,17H,3,5,8H2,1H3,(H,19,20);2*1H. The number of fused-ring (bicyclic) bond motifs is 1. The number of halogens is 2. The fourth-order valence-corrected chi connectivity index (χ4v) is 2.71. The van der Waals surface area contributed by atoms with Crippen LogP contribution in [0, 0.1) is 0 Å². The number of pyridine rings is 1. The number of carbonyl (C=O) groups is 1. The number of amides is 1. The van der Waals surface area contributed by atoms with Gasteiger partial charge in [0.15, 0.2) is 0 Å². The van der Waals surface area contributed by atoms with Crippen molar-refractivity contribution >= 4 is 41.6 Å². The van der Waals surface area contributed by atoms with E-state index in [1.54, 1.807) is 6.20 Å². The van der Waals surface area contributed by atoms with Crippen LogP contribution in [0.15, 0.2) is 36.5 Å². The third kappa shape index (κ3) is 4.09. The van der Waals surface area contributed by atoms with Crippen molar-refractivity contribution < 1.29 is 4.79 Å². The summed E-state index contributed by atoms with van der Waals surface area (Å²) >= 11 is 0. The minimum atomic E-state index is -0.00342. The van der Waals surface area contributed by atoms with Crippen molar-refractivity contribution in [1.29, 1.82) is 0 Å². The van der Waals surface area contributed by atoms with Gasteiger partial charge in [0.2, 0.25) is 0 Å². The molecule has 2 atom stereocenters. The monoisotopic (exact) mass is 341 g/mol. The Morgan fingerprint density at radius 3 is 2.91 bits per heavy atom. The van der Waals surface area contributed by atoms with Gasteiger partial charge in [-0.25, -0.2) is 0 Å². The lowest BCUT2D eigenvalue weighted by molar-refractivity contribution is 0.0920. The normalized spacial score (nSPS) is 20.6. The van der Waals surface area contributed by atoms with Gasteiger partial charge in [0, 0.05) is 29.2 Å². The highest BCUT2D eigenvalue weighted by atomic mass is 35.5. The number of hydrogen-bond acceptors (Lipinski definition) is 3. The predicted octanol–water partition coefficient (Wildman–Crippen LogP) is 2.95. The van der Waals surface area contributed by atoms with Crippen LogP contribution in [0.25, 0.3) is 10.9 Å². The van der Waals surface area contributed by atoms with Crippen LogP contribution >= 0.6 is 24.8 Å². The van der Waals surface area contributed by atoms with E-state index in [1.165, 1.54) is 0 Å². The van der Waals surface area contributed by atoms with Gasteiger partial charge in [-0.3, -0.25) is 9.78 Å². The zero-order chi connectivity index (χ0) is 13.9. The molecule has 2 unspecified atom stereocenters. The molecular formula is C16H21Cl2N3O. The summed E-state index contributed by atoms with van der Waals surface area (Å²) < 4.78 is 0. The van der Waals surface area contributed by atoms with Crippen LogP contribution in [0.4, 0.5) is 0 Å². The number of benzene rings is 1. The fourth-order valence-electron chi connectivity index (χ4n) is 2.71. The predicted molar refractivity (Wildman–Crippen MR) is 94.2 cm³/mol. The van der Waals surface area contributed by atoms with E-state index in [0.717, 1.165) is 30.3 Å². The lowest BCUT2D eigenvalue weighted by Crippen LogP contribution is -2.51. The first-order chi connectivity index (χ1) is 9.74. The number of rotatable bonds is 2. The van der Waals surface area contributed by atoms with Crippen molar-refractivity contribution in [2.45, 2.75) is 31.8 Å². The molecule has 1 saturated heterocycles. The Labute approximate surface area is 142 Å². The molecule has 1 aliphatic rings. The number of carbonyl (C=O) groups excluding carboxylic acids is 1. The molecule has 2 heterocycles. The quantitative estimate of drug-likeness (QED) is 0.882. The lowest BCUT2D eigenvalue weighted by Gasteiger charge is -2.30. The van der Waals surface area contributed by atoms with E-state index >= 15 is 0 Å². The summed E-state index contributed by atoms with van der Waals surface area (Å²) in [5, 5.41) is 7.52. The Kier molecular flexibility index (Phi) is 7.07. The summed E-state index contributed by atoms with van der Waals surface area (Å²) in [5.41, 5.74) is 1.61. The molecule has 0 saturated carbocycles. The van der Waals surface area contributed by atoms with E-state index < -0.39 is 0 Å². The molecule has 2 N–H and O–H groups in total. The molecule has 4 nitrogen and oxygen atoms in total. The first-order valence-electron chi connectivity index (χ1n) is 7.13. The summed E-state index contributed by atoms with van der Waals surface area (Å²) in [6.45, 7) is 3.16. The summed E-state index contributed by atoms with van der Waals surface area (Å²) in [7, 11) is 0. The van der Waals surface area contributed by atoms with Gasteiger partial charge in [-0.2, -0.15) is 0 Å². The van der Waals surface area contributed by atoms with E-state index in [1.807, 2.05) is 30.3 Å². The average molecular weight is 342 g/mol. The highest BCUT2D eigenvalue weighted by Gasteiger charge is 2.22. The van der Waals surface area contributed by atoms with Crippen molar-refractivity contribution in [3.05, 3.63) is 42.1 Å². The molecule has 0 bridgehead atoms. The molecule has 1 aromatic heterocycles. The Bertz CT molecular complexity index is 636. The van der Waals surface area contributed by atoms with E-state index in [2.05, 4.69) is 22.5 Å². The SMILES string of the molecule is CC1NCCCC1NC(=O)c1ccc2ncccc2c1.Cl.Cl. The van der Waals surface area contributed by atoms with Crippen molar-refractivity contribution in [2.75, 3.05) is 6.54 Å². The number of hydrogen-bond donors (Lipinski definition) is 2. The second-order valence-corrected chi connectivity index (χ2v) is 5.38. The van der Waals surface area contributed by atoms with E-state index in [0.29, 0.717) is 11.6 Å². The molecular weight excluding hydrogens is 321 g/mol. The third-order valence-corrected chi connectivity index (χ3v) is 3.94. The molecule has 22 heavy (non-hydrogen) atoms. The Morgan fingerprint density at radius 2 is 2.14 bits per heavy atom. The topological polar surface area (TPSA) is 54.0 Å². The molecule has 1 fully saturated rings. The van der Waals surface area contributed by atoms with Gasteiger partial charge in [0.25, 0.3) is 5.91 Å². The minimum absolute atomic E-state index is 0. The van der Waals surface area contributed by atoms with Crippen LogP contribution < -0.4 is 10.6 Å². The van der Waals surface area contributed by atoms with Crippen LogP contribution in [-0.4, -0.2) is 29.5 Å². The minimum Gasteiger partial charge on any atom is -0.348 e. The smallest absolute Gasteiger partial charge is 0.251 e. The largest absolute Gasteiger partial charge is 0.348 e. The van der Waals surface area contributed by atoms with Crippen molar-refractivity contribution in [2.24, 2.45) is 0 Å². The highest BCUT2D eigenvalue weighted by molar-refractivity contribution is 5.98. The van der Waals surface area contributed by atoms with Crippen molar-refractivity contribution in [3.8, 4) is 0 Å². The molecule has 0 radical (unpaired) electrons. The Balaban J connectivity index is 0.00000121. The number of nitrogens with zero attached hydrogens (tertiary/aromatic N) is 1. The van der Waals surface area contributed by atoms with Gasteiger partial charge < -0.3 is 10.6 Å². The third-order valence-electron chi connectivity index (χ3n) is 3.94. The number of aromatic nitrogens is 1. The summed E-state index contributed by atoms with van der Waals surface area (Å²) in [6, 6.07) is 10.0. The van der Waals surface area contributed by atoms with Crippen LogP contribution in [-0.2, 0) is 0 Å². The molecule has 1 aliphatic heterocycles. The van der Waals surface area contributed by atoms with Gasteiger partial charge in [-0.05, 0) is 50.6 Å². The molecule has 0 spiro atoms. The number of piperidine rings is 1. The fraction of sp³-hybridized carbons (Fsp3) is 0.375. The second-order valence-electron chi connectivity index (χ2n) is 5.38. The highest BCUT2D eigenvalue weighted by Crippen LogP contribution is 2.14. The van der Waals surface area contributed by atoms with Gasteiger partial charge in [0.05, 0.1) is 5.52 Å². The Morgan fingerprint density at radius 1 is 1.32 bits per heavy atom. The molecule has 3 rings (SSSR count). The zero-order valence-corrected chi connectivity index (χ0v) is 14.0. The second kappa shape index (κ2) is 8.32. The van der Waals surface area contributed by atoms with E-state index in [4.69, 9.17) is 0 Å². The molecule has 0 aliphatic carbocycles. The summed E-state index contributed by atoms with van der Waals surface area (Å²) in [4.78, 5) is 16.6. The van der Waals surface area contributed by atoms with E-state index in [-0.39, 0.29) is 36.8 Å². The molecule has 6 heteroatoms. The molecule has 2 aromatic rings. The maximum Gasteiger partial charge on any atom is 0.251 e. The van der Waals surface area contributed by atoms with Gasteiger partial charge in [-0.1, -0.05) is 6.07 Å². The molecule has 1 aromatic carbocycles. The summed E-state index contributed by atoms with van der Waals surface area (Å²) in [6.07, 6.45) is 3.91. The maximum atomic E-state index is 12.3. The molecule has 120 valence electrons. The first-order valence-corrected chi connectivity index (χ1v) is 7.13. The first kappa shape index (κ1) is 18.7. The van der Waals surface area contributed by atoms with E-state index in [9.17, 15) is 4.79 Å². The molecule has 1 amide bonds. The summed E-state index contributed by atoms with van der Waals surface area (Å²) in [5.74, 6) is -0.00342. The van der Waals surface area contributed by atoms with Crippen LogP contribution in [0.2, 0.25) is 0 Å². The van der Waals surface area contributed by atoms with Crippen LogP contribution in [0.1, 0.15) is 30.1 Å². The van der Waals surface area contributed by atoms with Crippen molar-refractivity contribution in [3.63, 3.8) is 0 Å².